The van der Waals surface area contributed by atoms with E-state index in [9.17, 15) is 14.4 Å². The predicted octanol–water partition coefficient (Wildman–Crippen LogP) is 2.95. The lowest BCUT2D eigenvalue weighted by atomic mass is 10.1. The SMILES string of the molecule is CN(C(=O)c1cccc(C(=O)N[C@H]2CC[C@@H](C(=O)O)C2)c1)c1ccccc1. The molecule has 1 aliphatic rings. The second-order valence-corrected chi connectivity index (χ2v) is 6.80. The molecule has 2 amide bonds. The molecule has 0 saturated heterocycles. The predicted molar refractivity (Wildman–Crippen MR) is 102 cm³/mol. The van der Waals surface area contributed by atoms with Gasteiger partial charge in [0.1, 0.15) is 0 Å². The van der Waals surface area contributed by atoms with Gasteiger partial charge in [-0.2, -0.15) is 0 Å². The molecule has 3 rings (SSSR count). The first-order valence-corrected chi connectivity index (χ1v) is 8.92. The van der Waals surface area contributed by atoms with Gasteiger partial charge in [-0.1, -0.05) is 24.3 Å². The molecule has 6 heteroatoms. The maximum atomic E-state index is 12.7. The minimum Gasteiger partial charge on any atom is -0.481 e. The summed E-state index contributed by atoms with van der Waals surface area (Å²) in [4.78, 5) is 37.8. The van der Waals surface area contributed by atoms with Crippen LogP contribution in [0.4, 0.5) is 5.69 Å². The molecule has 0 bridgehead atoms. The van der Waals surface area contributed by atoms with Gasteiger partial charge in [0, 0.05) is 29.9 Å². The van der Waals surface area contributed by atoms with Crippen LogP contribution in [0.25, 0.3) is 0 Å². The van der Waals surface area contributed by atoms with Gasteiger partial charge >= 0.3 is 5.97 Å². The number of benzene rings is 2. The molecular formula is C21H22N2O4. The number of anilines is 1. The van der Waals surface area contributed by atoms with Crippen LogP contribution in [0.15, 0.2) is 54.6 Å². The van der Waals surface area contributed by atoms with E-state index in [1.54, 1.807) is 31.3 Å². The van der Waals surface area contributed by atoms with E-state index in [1.807, 2.05) is 30.3 Å². The Labute approximate surface area is 157 Å². The van der Waals surface area contributed by atoms with E-state index in [-0.39, 0.29) is 17.9 Å². The summed E-state index contributed by atoms with van der Waals surface area (Å²) < 4.78 is 0. The number of aliphatic carboxylic acids is 1. The van der Waals surface area contributed by atoms with E-state index in [2.05, 4.69) is 5.32 Å². The van der Waals surface area contributed by atoms with Gasteiger partial charge in [0.05, 0.1) is 5.92 Å². The smallest absolute Gasteiger partial charge is 0.306 e. The average molecular weight is 366 g/mol. The third-order valence-corrected chi connectivity index (χ3v) is 4.94. The normalized spacial score (nSPS) is 18.7. The first kappa shape index (κ1) is 18.6. The second-order valence-electron chi connectivity index (χ2n) is 6.80. The first-order chi connectivity index (χ1) is 13.0. The zero-order valence-electron chi connectivity index (χ0n) is 15.1. The Kier molecular flexibility index (Phi) is 5.54. The highest BCUT2D eigenvalue weighted by Crippen LogP contribution is 2.26. The molecule has 1 fully saturated rings. The Morgan fingerprint density at radius 2 is 1.70 bits per heavy atom. The van der Waals surface area contributed by atoms with E-state index in [4.69, 9.17) is 5.11 Å². The highest BCUT2D eigenvalue weighted by molar-refractivity contribution is 6.07. The van der Waals surface area contributed by atoms with Gasteiger partial charge in [0.2, 0.25) is 0 Å². The number of nitrogens with zero attached hydrogens (tertiary/aromatic N) is 1. The van der Waals surface area contributed by atoms with Crippen LogP contribution in [0, 0.1) is 5.92 Å². The second kappa shape index (κ2) is 8.03. The van der Waals surface area contributed by atoms with Gasteiger partial charge in [0.25, 0.3) is 11.8 Å². The number of carbonyl (C=O) groups excluding carboxylic acids is 2. The van der Waals surface area contributed by atoms with Crippen molar-refractivity contribution in [2.75, 3.05) is 11.9 Å². The summed E-state index contributed by atoms with van der Waals surface area (Å²) in [7, 11) is 1.69. The zero-order valence-corrected chi connectivity index (χ0v) is 15.1. The molecule has 0 unspecified atom stereocenters. The molecule has 0 aliphatic heterocycles. The summed E-state index contributed by atoms with van der Waals surface area (Å²) in [5, 5.41) is 12.0. The van der Waals surface area contributed by atoms with Gasteiger partial charge < -0.3 is 15.3 Å². The maximum Gasteiger partial charge on any atom is 0.306 e. The average Bonchev–Trinajstić information content (AvgIpc) is 3.16. The van der Waals surface area contributed by atoms with Crippen molar-refractivity contribution in [1.29, 1.82) is 0 Å². The number of carboxylic acids is 1. The quantitative estimate of drug-likeness (QED) is 0.852. The number of para-hydroxylation sites is 1. The van der Waals surface area contributed by atoms with Crippen LogP contribution in [0.3, 0.4) is 0 Å². The summed E-state index contributed by atoms with van der Waals surface area (Å²) in [5.74, 6) is -1.71. The van der Waals surface area contributed by atoms with Crippen LogP contribution in [-0.2, 0) is 4.79 Å². The Balaban J connectivity index is 1.69. The van der Waals surface area contributed by atoms with E-state index in [0.717, 1.165) is 5.69 Å². The van der Waals surface area contributed by atoms with Gasteiger partial charge in [-0.25, -0.2) is 0 Å². The van der Waals surface area contributed by atoms with Crippen molar-refractivity contribution in [2.24, 2.45) is 5.92 Å². The molecule has 2 N–H and O–H groups in total. The molecule has 2 aromatic rings. The van der Waals surface area contributed by atoms with Crippen molar-refractivity contribution in [3.05, 3.63) is 65.7 Å². The van der Waals surface area contributed by atoms with Crippen molar-refractivity contribution in [3.8, 4) is 0 Å². The molecule has 2 atom stereocenters. The highest BCUT2D eigenvalue weighted by Gasteiger charge is 2.30. The number of hydrogen-bond donors (Lipinski definition) is 2. The minimum atomic E-state index is -0.816. The van der Waals surface area contributed by atoms with Crippen LogP contribution >= 0.6 is 0 Å². The third-order valence-electron chi connectivity index (χ3n) is 4.94. The topological polar surface area (TPSA) is 86.7 Å². The molecule has 0 spiro atoms. The number of carboxylic acid groups (broad SMARTS) is 1. The van der Waals surface area contributed by atoms with Crippen LogP contribution in [0.5, 0.6) is 0 Å². The number of amides is 2. The van der Waals surface area contributed by atoms with Crippen LogP contribution in [0.2, 0.25) is 0 Å². The molecule has 140 valence electrons. The molecule has 1 aliphatic carbocycles. The molecule has 0 radical (unpaired) electrons. The minimum absolute atomic E-state index is 0.148. The van der Waals surface area contributed by atoms with Crippen LogP contribution < -0.4 is 10.2 Å². The van der Waals surface area contributed by atoms with Crippen molar-refractivity contribution in [1.82, 2.24) is 5.32 Å². The van der Waals surface area contributed by atoms with E-state index >= 15 is 0 Å². The molecule has 1 saturated carbocycles. The molecule has 0 aromatic heterocycles. The fraction of sp³-hybridized carbons (Fsp3) is 0.286. The van der Waals surface area contributed by atoms with Crippen molar-refractivity contribution in [3.63, 3.8) is 0 Å². The maximum absolute atomic E-state index is 12.7. The summed E-state index contributed by atoms with van der Waals surface area (Å²) >= 11 is 0. The van der Waals surface area contributed by atoms with Crippen molar-refractivity contribution < 1.29 is 19.5 Å². The highest BCUT2D eigenvalue weighted by atomic mass is 16.4. The van der Waals surface area contributed by atoms with Crippen LogP contribution in [0.1, 0.15) is 40.0 Å². The lowest BCUT2D eigenvalue weighted by Crippen LogP contribution is -2.33. The molecule has 0 heterocycles. The Morgan fingerprint density at radius 3 is 2.37 bits per heavy atom. The standard InChI is InChI=1S/C21H22N2O4/c1-23(18-8-3-2-4-9-18)20(25)15-7-5-6-14(12-15)19(24)22-17-11-10-16(13-17)21(26)27/h2-9,12,16-17H,10-11,13H2,1H3,(H,22,24)(H,26,27)/t16-,17+/m1/s1. The third kappa shape index (κ3) is 4.34. The molecule has 27 heavy (non-hydrogen) atoms. The van der Waals surface area contributed by atoms with Gasteiger partial charge in [-0.3, -0.25) is 14.4 Å². The fourth-order valence-electron chi connectivity index (χ4n) is 3.36. The lowest BCUT2D eigenvalue weighted by molar-refractivity contribution is -0.141. The number of rotatable bonds is 5. The van der Waals surface area contributed by atoms with Gasteiger partial charge in [0.15, 0.2) is 0 Å². The Bertz CT molecular complexity index is 850. The van der Waals surface area contributed by atoms with Crippen LogP contribution in [-0.4, -0.2) is 36.0 Å². The van der Waals surface area contributed by atoms with Gasteiger partial charge in [-0.15, -0.1) is 0 Å². The molecule has 6 nitrogen and oxygen atoms in total. The number of nitrogens with one attached hydrogen (secondary N) is 1. The molecular weight excluding hydrogens is 344 g/mol. The summed E-state index contributed by atoms with van der Waals surface area (Å²) in [6.45, 7) is 0. The molecule has 2 aromatic carbocycles. The van der Waals surface area contributed by atoms with Crippen molar-refractivity contribution >= 4 is 23.5 Å². The Morgan fingerprint density at radius 1 is 1.00 bits per heavy atom. The van der Waals surface area contributed by atoms with Crippen molar-refractivity contribution in [2.45, 2.75) is 25.3 Å². The summed E-state index contributed by atoms with van der Waals surface area (Å²) in [5.41, 5.74) is 1.58. The lowest BCUT2D eigenvalue weighted by Gasteiger charge is -2.18. The van der Waals surface area contributed by atoms with Gasteiger partial charge in [-0.05, 0) is 49.6 Å². The zero-order chi connectivity index (χ0) is 19.4. The van der Waals surface area contributed by atoms with E-state index < -0.39 is 11.9 Å². The number of hydrogen-bond acceptors (Lipinski definition) is 3. The van der Waals surface area contributed by atoms with E-state index in [0.29, 0.717) is 30.4 Å². The monoisotopic (exact) mass is 366 g/mol. The number of carbonyl (C=O) groups is 3. The largest absolute Gasteiger partial charge is 0.481 e. The summed E-state index contributed by atoms with van der Waals surface area (Å²) in [6.07, 6.45) is 1.66. The first-order valence-electron chi connectivity index (χ1n) is 8.92. The fourth-order valence-corrected chi connectivity index (χ4v) is 3.36. The Hall–Kier alpha value is -3.15. The summed E-state index contributed by atoms with van der Waals surface area (Å²) in [6, 6.07) is 15.7. The van der Waals surface area contributed by atoms with E-state index in [1.165, 1.54) is 4.90 Å².